The maximum atomic E-state index is 13.2. The lowest BCUT2D eigenvalue weighted by atomic mass is 9.81. The average molecular weight is 421 g/mol. The van der Waals surface area contributed by atoms with E-state index in [1.54, 1.807) is 39.2 Å². The Balaban J connectivity index is 1.90. The van der Waals surface area contributed by atoms with Crippen LogP contribution in [0.1, 0.15) is 44.7 Å². The zero-order valence-electron chi connectivity index (χ0n) is 18.3. The fourth-order valence-corrected chi connectivity index (χ4v) is 3.68. The molecule has 0 amide bonds. The van der Waals surface area contributed by atoms with Crippen LogP contribution < -0.4 is 5.32 Å². The SMILES string of the molecule is CC1=C(C(=O)OCCc2ccccc2)C(c2cccnc2)C(C(=O)OC(C)C)=C(C)N1. The number of allylic oxidation sites excluding steroid dienone is 2. The maximum Gasteiger partial charge on any atom is 0.337 e. The van der Waals surface area contributed by atoms with E-state index in [1.807, 2.05) is 43.3 Å². The van der Waals surface area contributed by atoms with Crippen molar-refractivity contribution in [2.45, 2.75) is 46.1 Å². The molecule has 1 aliphatic rings. The summed E-state index contributed by atoms with van der Waals surface area (Å²) in [7, 11) is 0. The number of nitrogens with one attached hydrogen (secondary N) is 1. The van der Waals surface area contributed by atoms with Crippen LogP contribution in [0, 0.1) is 0 Å². The van der Waals surface area contributed by atoms with Gasteiger partial charge >= 0.3 is 11.9 Å². The predicted molar refractivity (Wildman–Crippen MR) is 118 cm³/mol. The highest BCUT2D eigenvalue weighted by atomic mass is 16.5. The summed E-state index contributed by atoms with van der Waals surface area (Å²) in [5.41, 5.74) is 3.90. The molecule has 0 fully saturated rings. The number of hydrogen-bond acceptors (Lipinski definition) is 6. The van der Waals surface area contributed by atoms with Crippen molar-refractivity contribution >= 4 is 11.9 Å². The summed E-state index contributed by atoms with van der Waals surface area (Å²) in [6.07, 6.45) is 3.65. The predicted octanol–water partition coefficient (Wildman–Crippen LogP) is 4.05. The third-order valence-corrected chi connectivity index (χ3v) is 5.03. The van der Waals surface area contributed by atoms with Crippen LogP contribution in [0.4, 0.5) is 0 Å². The molecule has 0 aliphatic carbocycles. The molecule has 2 aromatic rings. The molecular formula is C25H28N2O4. The normalized spacial score (nSPS) is 16.2. The summed E-state index contributed by atoms with van der Waals surface area (Å²) in [6, 6.07) is 13.5. The minimum atomic E-state index is -0.620. The van der Waals surface area contributed by atoms with Gasteiger partial charge in [-0.1, -0.05) is 36.4 Å². The van der Waals surface area contributed by atoms with Gasteiger partial charge in [-0.15, -0.1) is 0 Å². The standard InChI is InChI=1S/C25H28N2O4/c1-16(2)31-25(29)22-18(4)27-17(3)21(23(22)20-11-8-13-26-15-20)24(28)30-14-12-19-9-6-5-7-10-19/h5-11,13,15-16,23,27H,12,14H2,1-4H3. The van der Waals surface area contributed by atoms with Gasteiger partial charge in [0.15, 0.2) is 0 Å². The maximum absolute atomic E-state index is 13.2. The Bertz CT molecular complexity index is 995. The zero-order valence-corrected chi connectivity index (χ0v) is 18.3. The summed E-state index contributed by atoms with van der Waals surface area (Å²) in [5.74, 6) is -1.54. The Morgan fingerprint density at radius 2 is 1.68 bits per heavy atom. The smallest absolute Gasteiger partial charge is 0.337 e. The second-order valence-corrected chi connectivity index (χ2v) is 7.75. The highest BCUT2D eigenvalue weighted by Gasteiger charge is 2.38. The first-order chi connectivity index (χ1) is 14.9. The first kappa shape index (κ1) is 22.3. The number of pyridine rings is 1. The van der Waals surface area contributed by atoms with E-state index < -0.39 is 17.9 Å². The molecule has 0 saturated carbocycles. The van der Waals surface area contributed by atoms with Gasteiger partial charge < -0.3 is 14.8 Å². The minimum absolute atomic E-state index is 0.244. The number of rotatable bonds is 7. The van der Waals surface area contributed by atoms with Crippen molar-refractivity contribution in [3.63, 3.8) is 0 Å². The topological polar surface area (TPSA) is 77.5 Å². The summed E-state index contributed by atoms with van der Waals surface area (Å²) >= 11 is 0. The van der Waals surface area contributed by atoms with Crippen LogP contribution in [-0.2, 0) is 25.5 Å². The molecule has 3 rings (SSSR count). The third-order valence-electron chi connectivity index (χ3n) is 5.03. The highest BCUT2D eigenvalue weighted by Crippen LogP contribution is 2.39. The van der Waals surface area contributed by atoms with Gasteiger partial charge in [-0.25, -0.2) is 9.59 Å². The van der Waals surface area contributed by atoms with Crippen molar-refractivity contribution in [2.24, 2.45) is 0 Å². The van der Waals surface area contributed by atoms with E-state index in [2.05, 4.69) is 10.3 Å². The summed E-state index contributed by atoms with van der Waals surface area (Å²) in [4.78, 5) is 30.3. The summed E-state index contributed by atoms with van der Waals surface area (Å²) in [5, 5.41) is 3.16. The van der Waals surface area contributed by atoms with Crippen molar-refractivity contribution in [2.75, 3.05) is 6.61 Å². The number of esters is 2. The molecule has 0 spiro atoms. The fourth-order valence-electron chi connectivity index (χ4n) is 3.68. The lowest BCUT2D eigenvalue weighted by Gasteiger charge is -2.30. The van der Waals surface area contributed by atoms with Gasteiger partial charge in [0.05, 0.1) is 29.8 Å². The molecule has 31 heavy (non-hydrogen) atoms. The Kier molecular flexibility index (Phi) is 7.23. The first-order valence-electron chi connectivity index (χ1n) is 10.4. The molecule has 0 radical (unpaired) electrons. The molecule has 1 aromatic heterocycles. The van der Waals surface area contributed by atoms with Crippen LogP contribution in [0.15, 0.2) is 77.4 Å². The number of dihydropyridines is 1. The van der Waals surface area contributed by atoms with E-state index in [0.717, 1.165) is 11.1 Å². The monoisotopic (exact) mass is 420 g/mol. The van der Waals surface area contributed by atoms with Crippen molar-refractivity contribution in [3.8, 4) is 0 Å². The van der Waals surface area contributed by atoms with Crippen molar-refractivity contribution in [1.29, 1.82) is 0 Å². The van der Waals surface area contributed by atoms with Gasteiger partial charge in [0.1, 0.15) is 0 Å². The Morgan fingerprint density at radius 1 is 1.00 bits per heavy atom. The molecule has 0 saturated heterocycles. The van der Waals surface area contributed by atoms with Gasteiger partial charge in [-0.2, -0.15) is 0 Å². The molecular weight excluding hydrogens is 392 g/mol. The van der Waals surface area contributed by atoms with E-state index in [4.69, 9.17) is 9.47 Å². The fraction of sp³-hybridized carbons (Fsp3) is 0.320. The zero-order chi connectivity index (χ0) is 22.4. The molecule has 6 nitrogen and oxygen atoms in total. The molecule has 1 unspecified atom stereocenters. The van der Waals surface area contributed by atoms with Crippen LogP contribution in [0.2, 0.25) is 0 Å². The van der Waals surface area contributed by atoms with E-state index in [-0.39, 0.29) is 12.7 Å². The van der Waals surface area contributed by atoms with Crippen molar-refractivity contribution < 1.29 is 19.1 Å². The number of ether oxygens (including phenoxy) is 2. The van der Waals surface area contributed by atoms with E-state index >= 15 is 0 Å². The van der Waals surface area contributed by atoms with Gasteiger partial charge in [0, 0.05) is 30.2 Å². The molecule has 2 heterocycles. The number of benzene rings is 1. The number of nitrogens with zero attached hydrogens (tertiary/aromatic N) is 1. The lowest BCUT2D eigenvalue weighted by molar-refractivity contribution is -0.143. The number of hydrogen-bond donors (Lipinski definition) is 1. The first-order valence-corrected chi connectivity index (χ1v) is 10.4. The van der Waals surface area contributed by atoms with Crippen molar-refractivity contribution in [3.05, 3.63) is 88.5 Å². The van der Waals surface area contributed by atoms with Gasteiger partial charge in [-0.05, 0) is 44.9 Å². The molecule has 1 aromatic carbocycles. The number of carbonyl (C=O) groups is 2. The quantitative estimate of drug-likeness (QED) is 0.681. The summed E-state index contributed by atoms with van der Waals surface area (Å²) in [6.45, 7) is 7.45. The second-order valence-electron chi connectivity index (χ2n) is 7.75. The molecule has 0 bridgehead atoms. The minimum Gasteiger partial charge on any atom is -0.462 e. The Morgan fingerprint density at radius 3 is 2.29 bits per heavy atom. The van der Waals surface area contributed by atoms with E-state index in [0.29, 0.717) is 29.0 Å². The number of carbonyl (C=O) groups excluding carboxylic acids is 2. The third kappa shape index (κ3) is 5.40. The largest absolute Gasteiger partial charge is 0.462 e. The molecule has 162 valence electrons. The highest BCUT2D eigenvalue weighted by molar-refractivity contribution is 5.99. The molecule has 1 N–H and O–H groups in total. The van der Waals surface area contributed by atoms with Crippen LogP contribution in [-0.4, -0.2) is 29.6 Å². The average Bonchev–Trinajstić information content (AvgIpc) is 2.74. The van der Waals surface area contributed by atoms with Crippen molar-refractivity contribution in [1.82, 2.24) is 10.3 Å². The van der Waals surface area contributed by atoms with E-state index in [1.165, 1.54) is 0 Å². The van der Waals surface area contributed by atoms with E-state index in [9.17, 15) is 9.59 Å². The van der Waals surface area contributed by atoms with Gasteiger partial charge in [0.25, 0.3) is 0 Å². The molecule has 6 heteroatoms. The Labute approximate surface area is 183 Å². The van der Waals surface area contributed by atoms with Gasteiger partial charge in [-0.3, -0.25) is 4.98 Å². The summed E-state index contributed by atoms with van der Waals surface area (Å²) < 4.78 is 11.1. The number of aromatic nitrogens is 1. The van der Waals surface area contributed by atoms with Crippen LogP contribution in [0.25, 0.3) is 0 Å². The lowest BCUT2D eigenvalue weighted by Crippen LogP contribution is -2.33. The second kappa shape index (κ2) is 10.1. The van der Waals surface area contributed by atoms with Crippen LogP contribution >= 0.6 is 0 Å². The van der Waals surface area contributed by atoms with Crippen LogP contribution in [0.5, 0.6) is 0 Å². The van der Waals surface area contributed by atoms with Gasteiger partial charge in [0.2, 0.25) is 0 Å². The molecule has 1 atom stereocenters. The van der Waals surface area contributed by atoms with Crippen LogP contribution in [0.3, 0.4) is 0 Å². The Hall–Kier alpha value is -3.41. The molecule has 1 aliphatic heterocycles.